The molecule has 0 aromatic heterocycles. The SMILES string of the molecule is CCC(O)C[N+](C)(C)/N=C(\[O-])c1ccccc1. The zero-order valence-electron chi connectivity index (χ0n) is 10.6. The summed E-state index contributed by atoms with van der Waals surface area (Å²) in [6.45, 7) is 2.35. The average molecular weight is 236 g/mol. The van der Waals surface area contributed by atoms with Crippen LogP contribution in [0.15, 0.2) is 35.4 Å². The zero-order chi connectivity index (χ0) is 12.9. The third kappa shape index (κ3) is 4.54. The second-order valence-electron chi connectivity index (χ2n) is 4.64. The maximum atomic E-state index is 11.9. The van der Waals surface area contributed by atoms with Gasteiger partial charge in [0, 0.05) is 0 Å². The van der Waals surface area contributed by atoms with Gasteiger partial charge in [-0.15, -0.1) is 0 Å². The lowest BCUT2D eigenvalue weighted by molar-refractivity contribution is -0.901. The summed E-state index contributed by atoms with van der Waals surface area (Å²) in [6, 6.07) is 8.95. The zero-order valence-corrected chi connectivity index (χ0v) is 10.6. The molecule has 0 aliphatic rings. The lowest BCUT2D eigenvalue weighted by Crippen LogP contribution is -2.42. The van der Waals surface area contributed by atoms with E-state index in [-0.39, 0.29) is 10.5 Å². The molecule has 0 radical (unpaired) electrons. The number of hydrogen-bond acceptors (Lipinski definition) is 3. The van der Waals surface area contributed by atoms with Gasteiger partial charge in [-0.2, -0.15) is 0 Å². The molecule has 1 aromatic rings. The number of likely N-dealkylation sites (N-methyl/N-ethyl adjacent to an activating group) is 1. The van der Waals surface area contributed by atoms with Gasteiger partial charge in [0.1, 0.15) is 12.6 Å². The highest BCUT2D eigenvalue weighted by Gasteiger charge is 2.18. The van der Waals surface area contributed by atoms with Gasteiger partial charge in [0.05, 0.1) is 20.0 Å². The second kappa shape index (κ2) is 5.80. The predicted molar refractivity (Wildman–Crippen MR) is 66.3 cm³/mol. The van der Waals surface area contributed by atoms with Crippen molar-refractivity contribution in [1.29, 1.82) is 0 Å². The number of aliphatic hydroxyl groups excluding tert-OH is 1. The smallest absolute Gasteiger partial charge is 0.129 e. The molecule has 0 saturated heterocycles. The van der Waals surface area contributed by atoms with Crippen molar-refractivity contribution in [2.75, 3.05) is 20.6 Å². The standard InChI is InChI=1S/C13H20N2O2/c1-4-12(16)10-15(2,3)14-13(17)11-8-6-5-7-9-11/h5-9,12,16H,4,10H2,1-3H3. The quantitative estimate of drug-likeness (QED) is 0.351. The first-order valence-electron chi connectivity index (χ1n) is 5.78. The van der Waals surface area contributed by atoms with Gasteiger partial charge in [0.2, 0.25) is 0 Å². The van der Waals surface area contributed by atoms with Crippen molar-refractivity contribution in [3.63, 3.8) is 0 Å². The van der Waals surface area contributed by atoms with Crippen LogP contribution in [0.2, 0.25) is 0 Å². The Morgan fingerprint density at radius 1 is 1.35 bits per heavy atom. The summed E-state index contributed by atoms with van der Waals surface area (Å²) in [5.41, 5.74) is 0.574. The Balaban J connectivity index is 2.80. The van der Waals surface area contributed by atoms with Gasteiger partial charge in [0.25, 0.3) is 0 Å². The fourth-order valence-corrected chi connectivity index (χ4v) is 1.57. The molecule has 0 spiro atoms. The van der Waals surface area contributed by atoms with E-state index in [9.17, 15) is 10.2 Å². The summed E-state index contributed by atoms with van der Waals surface area (Å²) in [5.74, 6) is -0.251. The van der Waals surface area contributed by atoms with Crippen molar-refractivity contribution in [3.8, 4) is 0 Å². The van der Waals surface area contributed by atoms with Crippen LogP contribution in [0, 0.1) is 0 Å². The first-order valence-corrected chi connectivity index (χ1v) is 5.78. The molecular formula is C13H20N2O2. The molecule has 0 aliphatic carbocycles. The van der Waals surface area contributed by atoms with Crippen molar-refractivity contribution >= 4 is 5.90 Å². The van der Waals surface area contributed by atoms with E-state index in [4.69, 9.17) is 0 Å². The van der Waals surface area contributed by atoms with Gasteiger partial charge < -0.3 is 10.2 Å². The maximum Gasteiger partial charge on any atom is 0.129 e. The molecular weight excluding hydrogens is 216 g/mol. The van der Waals surface area contributed by atoms with Crippen LogP contribution in [0.1, 0.15) is 18.9 Å². The molecule has 0 amide bonds. The molecule has 0 bridgehead atoms. The van der Waals surface area contributed by atoms with E-state index < -0.39 is 6.10 Å². The Bertz CT molecular complexity index is 374. The summed E-state index contributed by atoms with van der Waals surface area (Å²) < 4.78 is 0.142. The van der Waals surface area contributed by atoms with Crippen molar-refractivity contribution in [2.45, 2.75) is 19.4 Å². The lowest BCUT2D eigenvalue weighted by Gasteiger charge is -2.27. The van der Waals surface area contributed by atoms with E-state index in [1.165, 1.54) is 0 Å². The van der Waals surface area contributed by atoms with Crippen molar-refractivity contribution in [1.82, 2.24) is 0 Å². The van der Waals surface area contributed by atoms with Gasteiger partial charge in [-0.1, -0.05) is 42.4 Å². The minimum Gasteiger partial charge on any atom is -0.855 e. The number of hydrogen-bond donors (Lipinski definition) is 1. The molecule has 17 heavy (non-hydrogen) atoms. The van der Waals surface area contributed by atoms with Gasteiger partial charge in [-0.3, -0.25) is 0 Å². The van der Waals surface area contributed by atoms with Gasteiger partial charge in [0.15, 0.2) is 0 Å². The van der Waals surface area contributed by atoms with Gasteiger partial charge in [-0.25, -0.2) is 4.59 Å². The molecule has 0 aliphatic heterocycles. The first kappa shape index (κ1) is 13.7. The number of nitrogens with zero attached hydrogens (tertiary/aromatic N) is 2. The Morgan fingerprint density at radius 2 is 1.94 bits per heavy atom. The monoisotopic (exact) mass is 236 g/mol. The highest BCUT2D eigenvalue weighted by atomic mass is 16.3. The minimum absolute atomic E-state index is 0.142. The molecule has 0 saturated carbocycles. The summed E-state index contributed by atoms with van der Waals surface area (Å²) >= 11 is 0. The number of benzene rings is 1. The Hall–Kier alpha value is -1.39. The highest BCUT2D eigenvalue weighted by molar-refractivity contribution is 5.89. The molecule has 0 fully saturated rings. The summed E-state index contributed by atoms with van der Waals surface area (Å²) in [6.07, 6.45) is 0.230. The summed E-state index contributed by atoms with van der Waals surface area (Å²) in [7, 11) is 3.61. The van der Waals surface area contributed by atoms with Crippen LogP contribution < -0.4 is 5.11 Å². The number of rotatable bonds is 5. The maximum absolute atomic E-state index is 11.9. The Kier molecular flexibility index (Phi) is 4.66. The van der Waals surface area contributed by atoms with Crippen molar-refractivity contribution < 1.29 is 14.8 Å². The third-order valence-electron chi connectivity index (χ3n) is 2.51. The largest absolute Gasteiger partial charge is 0.855 e. The van der Waals surface area contributed by atoms with Crippen LogP contribution in [-0.4, -0.2) is 42.3 Å². The fraction of sp³-hybridized carbons (Fsp3) is 0.462. The molecule has 1 rings (SSSR count). The third-order valence-corrected chi connectivity index (χ3v) is 2.51. The van der Waals surface area contributed by atoms with E-state index in [1.807, 2.05) is 25.1 Å². The van der Waals surface area contributed by atoms with Crippen molar-refractivity contribution in [3.05, 3.63) is 35.9 Å². The second-order valence-corrected chi connectivity index (χ2v) is 4.64. The van der Waals surface area contributed by atoms with E-state index in [0.717, 1.165) is 0 Å². The molecule has 4 heteroatoms. The molecule has 1 aromatic carbocycles. The Labute approximate surface area is 102 Å². The fourth-order valence-electron chi connectivity index (χ4n) is 1.57. The average Bonchev–Trinajstić information content (AvgIpc) is 2.28. The molecule has 4 nitrogen and oxygen atoms in total. The van der Waals surface area contributed by atoms with E-state index >= 15 is 0 Å². The Morgan fingerprint density at radius 3 is 2.47 bits per heavy atom. The summed E-state index contributed by atoms with van der Waals surface area (Å²) in [4.78, 5) is 0. The normalized spacial score (nSPS) is 14.7. The highest BCUT2D eigenvalue weighted by Crippen LogP contribution is 2.06. The van der Waals surface area contributed by atoms with Crippen LogP contribution >= 0.6 is 0 Å². The summed E-state index contributed by atoms with van der Waals surface area (Å²) in [5, 5.41) is 25.6. The van der Waals surface area contributed by atoms with Crippen LogP contribution in [-0.2, 0) is 0 Å². The van der Waals surface area contributed by atoms with Crippen LogP contribution in [0.25, 0.3) is 0 Å². The van der Waals surface area contributed by atoms with Crippen molar-refractivity contribution in [2.24, 2.45) is 5.10 Å². The van der Waals surface area contributed by atoms with Gasteiger partial charge >= 0.3 is 0 Å². The molecule has 1 unspecified atom stereocenters. The number of quaternary nitrogens is 1. The lowest BCUT2D eigenvalue weighted by atomic mass is 10.2. The topological polar surface area (TPSA) is 55.7 Å². The number of aliphatic hydroxyl groups is 1. The van der Waals surface area contributed by atoms with Gasteiger partial charge in [-0.05, 0) is 12.0 Å². The van der Waals surface area contributed by atoms with Crippen LogP contribution in [0.3, 0.4) is 0 Å². The van der Waals surface area contributed by atoms with E-state index in [0.29, 0.717) is 18.5 Å². The predicted octanol–water partition coefficient (Wildman–Crippen LogP) is 0.556. The van der Waals surface area contributed by atoms with E-state index in [2.05, 4.69) is 5.10 Å². The molecule has 1 N–H and O–H groups in total. The van der Waals surface area contributed by atoms with Crippen LogP contribution in [0.4, 0.5) is 0 Å². The van der Waals surface area contributed by atoms with E-state index in [1.54, 1.807) is 26.2 Å². The van der Waals surface area contributed by atoms with Crippen LogP contribution in [0.5, 0.6) is 0 Å². The first-order chi connectivity index (χ1) is 7.94. The molecule has 1 atom stereocenters. The minimum atomic E-state index is -0.433. The molecule has 0 heterocycles. The molecule has 94 valence electrons.